The molecule has 0 aromatic heterocycles. The average Bonchev–Trinajstić information content (AvgIpc) is 2.39. The number of para-hydroxylation sites is 1. The molecule has 0 atom stereocenters. The van der Waals surface area contributed by atoms with Crippen molar-refractivity contribution in [3.8, 4) is 0 Å². The minimum Gasteiger partial charge on any atom is -0.325 e. The number of benzene rings is 1. The Morgan fingerprint density at radius 3 is 2.29 bits per heavy atom. The monoisotopic (exact) mass is 234 g/mol. The number of anilines is 1. The largest absolute Gasteiger partial charge is 0.325 e. The summed E-state index contributed by atoms with van der Waals surface area (Å²) in [5.41, 5.74) is 3.50. The van der Waals surface area contributed by atoms with E-state index >= 15 is 0 Å². The molecule has 0 aliphatic carbocycles. The fourth-order valence-electron chi connectivity index (χ4n) is 1.43. The Hall–Kier alpha value is -1.55. The molecule has 0 amide bonds. The van der Waals surface area contributed by atoms with Crippen molar-refractivity contribution in [1.29, 1.82) is 0 Å². The van der Waals surface area contributed by atoms with Crippen molar-refractivity contribution in [3.05, 3.63) is 30.3 Å². The van der Waals surface area contributed by atoms with Gasteiger partial charge in [-0.05, 0) is 31.9 Å². The van der Waals surface area contributed by atoms with E-state index < -0.39 is 0 Å². The summed E-state index contributed by atoms with van der Waals surface area (Å²) in [6.07, 6.45) is 1.95. The van der Waals surface area contributed by atoms with Crippen LogP contribution in [0.1, 0.15) is 33.6 Å². The first-order chi connectivity index (χ1) is 8.13. The van der Waals surface area contributed by atoms with Crippen LogP contribution in [-0.2, 0) is 0 Å². The summed E-state index contributed by atoms with van der Waals surface area (Å²) in [5, 5.41) is 3.17. The molecule has 4 nitrogen and oxygen atoms in total. The molecule has 0 heterocycles. The normalized spacial score (nSPS) is 12.4. The first-order valence-electron chi connectivity index (χ1n) is 6.02. The Morgan fingerprint density at radius 2 is 1.82 bits per heavy atom. The second-order valence-electron chi connectivity index (χ2n) is 4.30. The van der Waals surface area contributed by atoms with Crippen LogP contribution < -0.4 is 16.6 Å². The molecule has 1 aromatic rings. The van der Waals surface area contributed by atoms with E-state index in [0.29, 0.717) is 5.96 Å². The highest BCUT2D eigenvalue weighted by Crippen LogP contribution is 2.19. The summed E-state index contributed by atoms with van der Waals surface area (Å²) in [7, 11) is 0. The van der Waals surface area contributed by atoms with Gasteiger partial charge in [-0.25, -0.2) is 10.8 Å². The van der Waals surface area contributed by atoms with E-state index in [1.165, 1.54) is 0 Å². The van der Waals surface area contributed by atoms with E-state index in [-0.39, 0.29) is 5.54 Å². The Labute approximate surface area is 103 Å². The third-order valence-electron chi connectivity index (χ3n) is 3.08. The number of nitrogens with zero attached hydrogens (tertiary/aromatic N) is 1. The van der Waals surface area contributed by atoms with Gasteiger partial charge in [-0.1, -0.05) is 32.0 Å². The number of hydrazine groups is 1. The fourth-order valence-corrected chi connectivity index (χ4v) is 1.43. The minimum atomic E-state index is -0.0799. The topological polar surface area (TPSA) is 62.4 Å². The van der Waals surface area contributed by atoms with Gasteiger partial charge in [0.1, 0.15) is 0 Å². The molecule has 0 unspecified atom stereocenters. The van der Waals surface area contributed by atoms with Crippen LogP contribution >= 0.6 is 0 Å². The molecular weight excluding hydrogens is 212 g/mol. The van der Waals surface area contributed by atoms with Gasteiger partial charge in [0.2, 0.25) is 5.96 Å². The van der Waals surface area contributed by atoms with E-state index in [1.54, 1.807) is 0 Å². The number of rotatable bonds is 4. The standard InChI is InChI=1S/C13H22N4/c1-4-13(3,5-2)16-12(17-14)15-11-9-7-6-8-10-11/h6-10H,4-5,14H2,1-3H3,(H2,15,16,17). The van der Waals surface area contributed by atoms with Gasteiger partial charge in [-0.15, -0.1) is 0 Å². The first-order valence-corrected chi connectivity index (χ1v) is 6.02. The SMILES string of the molecule is CCC(C)(CC)N=C(NN)Nc1ccccc1. The van der Waals surface area contributed by atoms with Crippen LogP contribution in [0.4, 0.5) is 5.69 Å². The van der Waals surface area contributed by atoms with Crippen LogP contribution in [0.15, 0.2) is 35.3 Å². The summed E-state index contributed by atoms with van der Waals surface area (Å²) in [6.45, 7) is 6.38. The van der Waals surface area contributed by atoms with Crippen LogP contribution in [0, 0.1) is 0 Å². The van der Waals surface area contributed by atoms with Gasteiger partial charge in [0, 0.05) is 5.69 Å². The average molecular weight is 234 g/mol. The lowest BCUT2D eigenvalue weighted by Crippen LogP contribution is -2.39. The molecule has 0 aliphatic rings. The number of nitrogens with one attached hydrogen (secondary N) is 2. The van der Waals surface area contributed by atoms with Gasteiger partial charge in [-0.2, -0.15) is 0 Å². The molecular formula is C13H22N4. The van der Waals surface area contributed by atoms with E-state index in [9.17, 15) is 0 Å². The van der Waals surface area contributed by atoms with E-state index in [1.807, 2.05) is 30.3 Å². The molecule has 0 saturated heterocycles. The highest BCUT2D eigenvalue weighted by molar-refractivity contribution is 5.93. The van der Waals surface area contributed by atoms with Gasteiger partial charge in [0.05, 0.1) is 5.54 Å². The maximum Gasteiger partial charge on any atom is 0.210 e. The number of hydrogen-bond acceptors (Lipinski definition) is 2. The third kappa shape index (κ3) is 4.07. The van der Waals surface area contributed by atoms with Crippen molar-refractivity contribution >= 4 is 11.6 Å². The molecule has 0 saturated carbocycles. The van der Waals surface area contributed by atoms with E-state index in [2.05, 4.69) is 36.5 Å². The van der Waals surface area contributed by atoms with Crippen LogP contribution in [0.25, 0.3) is 0 Å². The molecule has 94 valence electrons. The fraction of sp³-hybridized carbons (Fsp3) is 0.462. The van der Waals surface area contributed by atoms with Crippen molar-refractivity contribution in [2.75, 3.05) is 5.32 Å². The number of guanidine groups is 1. The predicted molar refractivity (Wildman–Crippen MR) is 73.8 cm³/mol. The second-order valence-corrected chi connectivity index (χ2v) is 4.30. The van der Waals surface area contributed by atoms with Gasteiger partial charge in [0.15, 0.2) is 0 Å². The minimum absolute atomic E-state index is 0.0799. The highest BCUT2D eigenvalue weighted by Gasteiger charge is 2.18. The molecule has 4 heteroatoms. The highest BCUT2D eigenvalue weighted by atomic mass is 15.3. The van der Waals surface area contributed by atoms with E-state index in [0.717, 1.165) is 18.5 Å². The molecule has 1 aromatic carbocycles. The number of nitrogens with two attached hydrogens (primary N) is 1. The van der Waals surface area contributed by atoms with Gasteiger partial charge >= 0.3 is 0 Å². The Balaban J connectivity index is 2.82. The van der Waals surface area contributed by atoms with Crippen molar-refractivity contribution in [3.63, 3.8) is 0 Å². The summed E-state index contributed by atoms with van der Waals surface area (Å²) in [6, 6.07) is 9.86. The molecule has 4 N–H and O–H groups in total. The lowest BCUT2D eigenvalue weighted by molar-refractivity contribution is 0.439. The van der Waals surface area contributed by atoms with Crippen molar-refractivity contribution in [2.24, 2.45) is 10.8 Å². The zero-order valence-electron chi connectivity index (χ0n) is 10.8. The van der Waals surface area contributed by atoms with Crippen LogP contribution in [-0.4, -0.2) is 11.5 Å². The molecule has 0 aliphatic heterocycles. The summed E-state index contributed by atoms with van der Waals surface area (Å²) in [5.74, 6) is 6.09. The van der Waals surface area contributed by atoms with Gasteiger partial charge in [0.25, 0.3) is 0 Å². The first kappa shape index (κ1) is 13.5. The van der Waals surface area contributed by atoms with Crippen LogP contribution in [0.3, 0.4) is 0 Å². The van der Waals surface area contributed by atoms with Crippen LogP contribution in [0.5, 0.6) is 0 Å². The summed E-state index contributed by atoms with van der Waals surface area (Å²) in [4.78, 5) is 4.63. The molecule has 0 bridgehead atoms. The smallest absolute Gasteiger partial charge is 0.210 e. The molecule has 0 radical (unpaired) electrons. The Kier molecular flexibility index (Phi) is 4.97. The lowest BCUT2D eigenvalue weighted by atomic mass is 9.97. The van der Waals surface area contributed by atoms with Crippen molar-refractivity contribution in [1.82, 2.24) is 5.43 Å². The molecule has 0 fully saturated rings. The number of aliphatic imine (C=N–C) groups is 1. The maximum absolute atomic E-state index is 5.49. The van der Waals surface area contributed by atoms with Crippen molar-refractivity contribution < 1.29 is 0 Å². The lowest BCUT2D eigenvalue weighted by Gasteiger charge is -2.23. The predicted octanol–water partition coefficient (Wildman–Crippen LogP) is 2.50. The summed E-state index contributed by atoms with van der Waals surface area (Å²) < 4.78 is 0. The zero-order valence-corrected chi connectivity index (χ0v) is 10.8. The second kappa shape index (κ2) is 6.25. The van der Waals surface area contributed by atoms with E-state index in [4.69, 9.17) is 5.84 Å². The maximum atomic E-state index is 5.49. The summed E-state index contributed by atoms with van der Waals surface area (Å²) >= 11 is 0. The molecule has 1 rings (SSSR count). The zero-order chi connectivity index (χ0) is 12.7. The van der Waals surface area contributed by atoms with Crippen LogP contribution in [0.2, 0.25) is 0 Å². The Bertz CT molecular complexity index is 355. The quantitative estimate of drug-likeness (QED) is 0.324. The molecule has 17 heavy (non-hydrogen) atoms. The third-order valence-corrected chi connectivity index (χ3v) is 3.08. The van der Waals surface area contributed by atoms with Gasteiger partial charge < -0.3 is 5.32 Å². The molecule has 0 spiro atoms. The van der Waals surface area contributed by atoms with Gasteiger partial charge in [-0.3, -0.25) is 5.43 Å². The number of hydrogen-bond donors (Lipinski definition) is 3. The Morgan fingerprint density at radius 1 is 1.24 bits per heavy atom. The van der Waals surface area contributed by atoms with Crippen molar-refractivity contribution in [2.45, 2.75) is 39.2 Å².